The number of benzene rings is 1. The Hall–Kier alpha value is -1.55. The molecule has 0 saturated heterocycles. The van der Waals surface area contributed by atoms with Gasteiger partial charge in [0.1, 0.15) is 17.1 Å². The summed E-state index contributed by atoms with van der Waals surface area (Å²) in [5, 5.41) is 21.3. The first-order valence-electron chi connectivity index (χ1n) is 10.3. The van der Waals surface area contributed by atoms with Gasteiger partial charge in [-0.3, -0.25) is 4.79 Å². The van der Waals surface area contributed by atoms with Gasteiger partial charge in [0.2, 0.25) is 0 Å². The molecule has 0 aromatic heterocycles. The number of aldehydes is 1. The van der Waals surface area contributed by atoms with Crippen molar-refractivity contribution >= 4 is 6.29 Å². The first-order valence-corrected chi connectivity index (χ1v) is 10.3. The summed E-state index contributed by atoms with van der Waals surface area (Å²) in [6.45, 7) is 10.8. The highest BCUT2D eigenvalue weighted by atomic mass is 16.5. The van der Waals surface area contributed by atoms with Crippen LogP contribution in [-0.4, -0.2) is 28.2 Å². The normalized spacial score (nSPS) is 39.6. The highest BCUT2D eigenvalue weighted by molar-refractivity contribution is 5.84. The topological polar surface area (TPSA) is 66.8 Å². The van der Waals surface area contributed by atoms with Gasteiger partial charge in [-0.05, 0) is 61.5 Å². The van der Waals surface area contributed by atoms with Gasteiger partial charge in [-0.15, -0.1) is 0 Å². The second kappa shape index (κ2) is 5.73. The number of hydrogen-bond acceptors (Lipinski definition) is 4. The molecule has 5 atom stereocenters. The number of rotatable bonds is 1. The summed E-state index contributed by atoms with van der Waals surface area (Å²) in [5.41, 5.74) is 1.35. The van der Waals surface area contributed by atoms with Gasteiger partial charge in [0.25, 0.3) is 0 Å². The largest absolute Gasteiger partial charge is 0.508 e. The standard InChI is InChI=1S/C23H32O4/c1-13-10-17(25)15-11-23(27-20(15)16(13)12-24)14(2)6-7-18-21(3,4)19(26)8-9-22(18,23)5/h10,12,14,18-19,25-26H,6-9,11H2,1-5H3/t14?,18-,19?,22-,23+/m0/s1. The molecule has 2 saturated carbocycles. The van der Waals surface area contributed by atoms with Crippen LogP contribution in [0.25, 0.3) is 0 Å². The molecule has 2 fully saturated rings. The van der Waals surface area contributed by atoms with Crippen LogP contribution in [0.15, 0.2) is 6.07 Å². The van der Waals surface area contributed by atoms with Crippen molar-refractivity contribution in [2.24, 2.45) is 22.7 Å². The predicted molar refractivity (Wildman–Crippen MR) is 104 cm³/mol. The molecule has 27 heavy (non-hydrogen) atoms. The van der Waals surface area contributed by atoms with Crippen LogP contribution in [0.4, 0.5) is 0 Å². The minimum atomic E-state index is -0.446. The zero-order chi connectivity index (χ0) is 19.8. The lowest BCUT2D eigenvalue weighted by molar-refractivity contribution is -0.210. The number of carbonyl (C=O) groups excluding carboxylic acids is 1. The molecule has 2 aliphatic carbocycles. The van der Waals surface area contributed by atoms with E-state index in [0.29, 0.717) is 29.6 Å². The molecule has 2 N–H and O–H groups in total. The smallest absolute Gasteiger partial charge is 0.154 e. The van der Waals surface area contributed by atoms with Gasteiger partial charge in [-0.2, -0.15) is 0 Å². The zero-order valence-electron chi connectivity index (χ0n) is 17.1. The van der Waals surface area contributed by atoms with Gasteiger partial charge in [0, 0.05) is 17.4 Å². The Morgan fingerprint density at radius 3 is 2.59 bits per heavy atom. The van der Waals surface area contributed by atoms with Gasteiger partial charge >= 0.3 is 0 Å². The van der Waals surface area contributed by atoms with E-state index in [-0.39, 0.29) is 22.7 Å². The van der Waals surface area contributed by atoms with Crippen LogP contribution in [0.5, 0.6) is 11.5 Å². The van der Waals surface area contributed by atoms with Crippen molar-refractivity contribution in [1.82, 2.24) is 0 Å². The van der Waals surface area contributed by atoms with E-state index < -0.39 is 5.60 Å². The lowest BCUT2D eigenvalue weighted by Crippen LogP contribution is -2.66. The number of ether oxygens (including phenoxy) is 1. The predicted octanol–water partition coefficient (Wildman–Crippen LogP) is 4.42. The average Bonchev–Trinajstić information content (AvgIpc) is 3.00. The Kier molecular flexibility index (Phi) is 3.99. The maximum absolute atomic E-state index is 11.8. The molecule has 0 radical (unpaired) electrons. The van der Waals surface area contributed by atoms with E-state index in [1.165, 1.54) is 0 Å². The van der Waals surface area contributed by atoms with E-state index in [2.05, 4.69) is 27.7 Å². The number of aryl methyl sites for hydroxylation is 1. The summed E-state index contributed by atoms with van der Waals surface area (Å²) in [4.78, 5) is 11.8. The average molecular weight is 373 g/mol. The summed E-state index contributed by atoms with van der Waals surface area (Å²) < 4.78 is 6.76. The van der Waals surface area contributed by atoms with E-state index in [4.69, 9.17) is 4.74 Å². The molecule has 148 valence electrons. The molecule has 1 aliphatic heterocycles. The van der Waals surface area contributed by atoms with Crippen molar-refractivity contribution < 1.29 is 19.7 Å². The molecule has 1 heterocycles. The Morgan fingerprint density at radius 2 is 1.93 bits per heavy atom. The van der Waals surface area contributed by atoms with Crippen LogP contribution in [0.1, 0.15) is 74.9 Å². The van der Waals surface area contributed by atoms with E-state index in [9.17, 15) is 15.0 Å². The maximum atomic E-state index is 11.8. The van der Waals surface area contributed by atoms with E-state index >= 15 is 0 Å². The number of hydrogen-bond donors (Lipinski definition) is 2. The monoisotopic (exact) mass is 372 g/mol. The Morgan fingerprint density at radius 1 is 1.22 bits per heavy atom. The molecule has 4 rings (SSSR count). The number of aromatic hydroxyl groups is 1. The highest BCUT2D eigenvalue weighted by Crippen LogP contribution is 2.66. The van der Waals surface area contributed by atoms with Crippen LogP contribution in [0, 0.1) is 29.6 Å². The van der Waals surface area contributed by atoms with Crippen LogP contribution in [0.2, 0.25) is 0 Å². The van der Waals surface area contributed by atoms with Crippen molar-refractivity contribution in [3.05, 3.63) is 22.8 Å². The molecule has 4 nitrogen and oxygen atoms in total. The lowest BCUT2D eigenvalue weighted by Gasteiger charge is -2.64. The SMILES string of the molecule is Cc1cc(O)c2c(c1C=O)O[C@]1(C2)C(C)CC[C@H]2C(C)(C)C(O)CC[C@@]21C. The summed E-state index contributed by atoms with van der Waals surface area (Å²) in [5.74, 6) is 1.47. The quantitative estimate of drug-likeness (QED) is 0.716. The Bertz CT molecular complexity index is 798. The molecule has 1 aromatic carbocycles. The highest BCUT2D eigenvalue weighted by Gasteiger charge is 2.67. The molecule has 1 spiro atoms. The van der Waals surface area contributed by atoms with Crippen molar-refractivity contribution in [3.8, 4) is 11.5 Å². The van der Waals surface area contributed by atoms with Crippen LogP contribution < -0.4 is 4.74 Å². The van der Waals surface area contributed by atoms with Crippen molar-refractivity contribution in [3.63, 3.8) is 0 Å². The second-order valence-electron chi connectivity index (χ2n) is 10.0. The number of phenols is 1. The summed E-state index contributed by atoms with van der Waals surface area (Å²) >= 11 is 0. The number of phenolic OH excluding ortho intramolecular Hbond substituents is 1. The van der Waals surface area contributed by atoms with Crippen molar-refractivity contribution in [2.75, 3.05) is 0 Å². The van der Waals surface area contributed by atoms with E-state index in [1.54, 1.807) is 6.07 Å². The fourth-order valence-electron chi connectivity index (χ4n) is 6.78. The van der Waals surface area contributed by atoms with E-state index in [0.717, 1.165) is 43.1 Å². The molecule has 0 bridgehead atoms. The molecule has 4 heteroatoms. The van der Waals surface area contributed by atoms with Crippen LogP contribution in [-0.2, 0) is 6.42 Å². The minimum absolute atomic E-state index is 0.118. The van der Waals surface area contributed by atoms with Crippen molar-refractivity contribution in [2.45, 2.75) is 78.4 Å². The van der Waals surface area contributed by atoms with Gasteiger partial charge in [-0.25, -0.2) is 0 Å². The molecular weight excluding hydrogens is 340 g/mol. The second-order valence-corrected chi connectivity index (χ2v) is 10.0. The number of aliphatic hydroxyl groups excluding tert-OH is 1. The fraction of sp³-hybridized carbons (Fsp3) is 0.696. The van der Waals surface area contributed by atoms with E-state index in [1.807, 2.05) is 6.92 Å². The third-order valence-corrected chi connectivity index (χ3v) is 8.56. The first kappa shape index (κ1) is 18.8. The summed E-state index contributed by atoms with van der Waals surface area (Å²) in [7, 11) is 0. The first-order chi connectivity index (χ1) is 12.6. The van der Waals surface area contributed by atoms with Gasteiger partial charge < -0.3 is 14.9 Å². The minimum Gasteiger partial charge on any atom is -0.508 e. The van der Waals surface area contributed by atoms with Gasteiger partial charge in [-0.1, -0.05) is 27.7 Å². The van der Waals surface area contributed by atoms with Crippen LogP contribution >= 0.6 is 0 Å². The third-order valence-electron chi connectivity index (χ3n) is 8.56. The van der Waals surface area contributed by atoms with Crippen LogP contribution in [0.3, 0.4) is 0 Å². The summed E-state index contributed by atoms with van der Waals surface area (Å²) in [6, 6.07) is 1.69. The zero-order valence-corrected chi connectivity index (χ0v) is 17.1. The third kappa shape index (κ3) is 2.22. The molecule has 1 aromatic rings. The Balaban J connectivity index is 1.87. The van der Waals surface area contributed by atoms with Crippen molar-refractivity contribution in [1.29, 1.82) is 0 Å². The molecule has 3 aliphatic rings. The molecule has 0 amide bonds. The number of carbonyl (C=O) groups is 1. The molecular formula is C23H32O4. The summed E-state index contributed by atoms with van der Waals surface area (Å²) in [6.07, 6.45) is 4.96. The number of fused-ring (bicyclic) bond motifs is 3. The Labute approximate surface area is 161 Å². The maximum Gasteiger partial charge on any atom is 0.154 e. The molecule has 2 unspecified atom stereocenters. The van der Waals surface area contributed by atoms with Gasteiger partial charge in [0.05, 0.1) is 11.7 Å². The lowest BCUT2D eigenvalue weighted by atomic mass is 9.43. The number of aliphatic hydroxyl groups is 1. The fourth-order valence-corrected chi connectivity index (χ4v) is 6.78. The van der Waals surface area contributed by atoms with Gasteiger partial charge in [0.15, 0.2) is 6.29 Å².